The maximum absolute atomic E-state index is 5.93. The van der Waals surface area contributed by atoms with Gasteiger partial charge < -0.3 is 0 Å². The third-order valence-corrected chi connectivity index (χ3v) is 4.50. The molecule has 4 aromatic rings. The van der Waals surface area contributed by atoms with Gasteiger partial charge in [-0.15, -0.1) is 10.2 Å². The Kier molecular flexibility index (Phi) is 3.16. The molecule has 0 atom stereocenters. The molecule has 0 bridgehead atoms. The van der Waals surface area contributed by atoms with Gasteiger partial charge in [0.2, 0.25) is 4.96 Å². The van der Waals surface area contributed by atoms with E-state index in [0.29, 0.717) is 10.8 Å². The molecule has 8 heteroatoms. The Hall–Kier alpha value is -2.25. The van der Waals surface area contributed by atoms with Gasteiger partial charge in [0.05, 0.1) is 11.8 Å². The molecule has 0 saturated heterocycles. The maximum Gasteiger partial charge on any atom is 0.235 e. The van der Waals surface area contributed by atoms with Crippen LogP contribution in [-0.4, -0.2) is 29.6 Å². The monoisotopic (exact) mass is 330 g/mol. The van der Waals surface area contributed by atoms with Gasteiger partial charge in [0.25, 0.3) is 0 Å². The summed E-state index contributed by atoms with van der Waals surface area (Å²) in [6.07, 6.45) is 3.80. The molecule has 110 valence electrons. The molecular formula is C14H11ClN6S. The summed E-state index contributed by atoms with van der Waals surface area (Å²) < 4.78 is 3.63. The summed E-state index contributed by atoms with van der Waals surface area (Å²) >= 11 is 7.42. The lowest BCUT2D eigenvalue weighted by atomic mass is 10.2. The molecule has 0 aliphatic rings. The fourth-order valence-electron chi connectivity index (χ4n) is 2.16. The van der Waals surface area contributed by atoms with E-state index >= 15 is 0 Å². The number of aryl methyl sites for hydroxylation is 1. The summed E-state index contributed by atoms with van der Waals surface area (Å²) in [6.45, 7) is 2.88. The second-order valence-electron chi connectivity index (χ2n) is 4.72. The Morgan fingerprint density at radius 2 is 1.95 bits per heavy atom. The fraction of sp³-hybridized carbons (Fsp3) is 0.143. The normalized spacial score (nSPS) is 11.4. The maximum atomic E-state index is 5.93. The molecule has 0 aliphatic carbocycles. The number of benzene rings is 1. The van der Waals surface area contributed by atoms with E-state index in [1.54, 1.807) is 4.52 Å². The van der Waals surface area contributed by atoms with E-state index in [0.717, 1.165) is 27.6 Å². The summed E-state index contributed by atoms with van der Waals surface area (Å²) in [5.41, 5.74) is 1.91. The van der Waals surface area contributed by atoms with E-state index in [2.05, 4.69) is 20.4 Å². The molecule has 0 unspecified atom stereocenters. The zero-order valence-corrected chi connectivity index (χ0v) is 13.2. The van der Waals surface area contributed by atoms with E-state index in [4.69, 9.17) is 11.6 Å². The zero-order valence-electron chi connectivity index (χ0n) is 11.6. The number of rotatable bonds is 3. The van der Waals surface area contributed by atoms with Crippen LogP contribution in [0.5, 0.6) is 0 Å². The predicted molar refractivity (Wildman–Crippen MR) is 86.0 cm³/mol. The second-order valence-corrected chi connectivity index (χ2v) is 6.11. The van der Waals surface area contributed by atoms with Crippen LogP contribution in [0, 0.1) is 0 Å². The summed E-state index contributed by atoms with van der Waals surface area (Å²) in [4.78, 5) is 0.754. The van der Waals surface area contributed by atoms with Crippen LogP contribution in [0.25, 0.3) is 26.9 Å². The Labute approximate surface area is 135 Å². The lowest BCUT2D eigenvalue weighted by Gasteiger charge is -1.96. The largest absolute Gasteiger partial charge is 0.272 e. The van der Waals surface area contributed by atoms with Crippen molar-refractivity contribution < 1.29 is 0 Å². The molecule has 1 aromatic carbocycles. The highest BCUT2D eigenvalue weighted by atomic mass is 35.5. The summed E-state index contributed by atoms with van der Waals surface area (Å²) in [5, 5.41) is 18.9. The van der Waals surface area contributed by atoms with Gasteiger partial charge in [0, 0.05) is 23.3 Å². The van der Waals surface area contributed by atoms with Crippen LogP contribution in [0.3, 0.4) is 0 Å². The fourth-order valence-corrected chi connectivity index (χ4v) is 3.10. The van der Waals surface area contributed by atoms with Gasteiger partial charge in [0.15, 0.2) is 10.8 Å². The Balaban J connectivity index is 1.80. The molecule has 3 heterocycles. The van der Waals surface area contributed by atoms with Crippen LogP contribution in [0.2, 0.25) is 5.02 Å². The molecule has 3 aromatic heterocycles. The first kappa shape index (κ1) is 13.4. The van der Waals surface area contributed by atoms with Crippen molar-refractivity contribution in [2.24, 2.45) is 0 Å². The van der Waals surface area contributed by atoms with Crippen LogP contribution in [-0.2, 0) is 6.54 Å². The highest BCUT2D eigenvalue weighted by molar-refractivity contribution is 7.19. The van der Waals surface area contributed by atoms with Gasteiger partial charge in [-0.05, 0) is 31.2 Å². The van der Waals surface area contributed by atoms with E-state index in [9.17, 15) is 0 Å². The molecule has 0 N–H and O–H groups in total. The molecule has 0 fully saturated rings. The van der Waals surface area contributed by atoms with Crippen molar-refractivity contribution in [3.63, 3.8) is 0 Å². The van der Waals surface area contributed by atoms with Gasteiger partial charge in [-0.25, -0.2) is 0 Å². The Bertz CT molecular complexity index is 936. The molecule has 4 rings (SSSR count). The van der Waals surface area contributed by atoms with E-state index in [-0.39, 0.29) is 0 Å². The molecule has 0 saturated carbocycles. The van der Waals surface area contributed by atoms with E-state index in [1.165, 1.54) is 11.3 Å². The van der Waals surface area contributed by atoms with Gasteiger partial charge in [-0.1, -0.05) is 22.9 Å². The number of fused-ring (bicyclic) bond motifs is 1. The summed E-state index contributed by atoms with van der Waals surface area (Å²) in [7, 11) is 0. The summed E-state index contributed by atoms with van der Waals surface area (Å²) in [6, 6.07) is 7.48. The van der Waals surface area contributed by atoms with Crippen molar-refractivity contribution in [2.45, 2.75) is 13.5 Å². The van der Waals surface area contributed by atoms with Crippen LogP contribution >= 0.6 is 22.9 Å². The molecular weight excluding hydrogens is 320 g/mol. The smallest absolute Gasteiger partial charge is 0.235 e. The molecule has 0 amide bonds. The number of hydrogen-bond donors (Lipinski definition) is 0. The van der Waals surface area contributed by atoms with Crippen LogP contribution in [0.4, 0.5) is 0 Å². The van der Waals surface area contributed by atoms with Gasteiger partial charge in [-0.2, -0.15) is 14.7 Å². The van der Waals surface area contributed by atoms with Crippen LogP contribution in [0.1, 0.15) is 6.92 Å². The number of aromatic nitrogens is 6. The van der Waals surface area contributed by atoms with Crippen molar-refractivity contribution in [1.29, 1.82) is 0 Å². The van der Waals surface area contributed by atoms with Crippen molar-refractivity contribution in [1.82, 2.24) is 29.6 Å². The lowest BCUT2D eigenvalue weighted by Crippen LogP contribution is -1.92. The summed E-state index contributed by atoms with van der Waals surface area (Å²) in [5.74, 6) is 0.706. The van der Waals surface area contributed by atoms with Crippen LogP contribution < -0.4 is 0 Å². The first-order chi connectivity index (χ1) is 10.7. The quantitative estimate of drug-likeness (QED) is 0.577. The predicted octanol–water partition coefficient (Wildman–Crippen LogP) is 3.39. The number of nitrogens with zero attached hydrogens (tertiary/aromatic N) is 6. The minimum Gasteiger partial charge on any atom is -0.272 e. The van der Waals surface area contributed by atoms with Crippen molar-refractivity contribution in [3.8, 4) is 22.0 Å². The van der Waals surface area contributed by atoms with Crippen molar-refractivity contribution in [2.75, 3.05) is 0 Å². The van der Waals surface area contributed by atoms with E-state index < -0.39 is 0 Å². The highest BCUT2D eigenvalue weighted by Gasteiger charge is 2.15. The van der Waals surface area contributed by atoms with Crippen molar-refractivity contribution >= 4 is 27.9 Å². The van der Waals surface area contributed by atoms with Gasteiger partial charge in [-0.3, -0.25) is 4.68 Å². The first-order valence-corrected chi connectivity index (χ1v) is 7.95. The van der Waals surface area contributed by atoms with Gasteiger partial charge >= 0.3 is 0 Å². The molecule has 22 heavy (non-hydrogen) atoms. The molecule has 0 spiro atoms. The second kappa shape index (κ2) is 5.19. The number of hydrogen-bond acceptors (Lipinski definition) is 5. The molecule has 0 radical (unpaired) electrons. The lowest BCUT2D eigenvalue weighted by molar-refractivity contribution is 0.660. The average Bonchev–Trinajstić information content (AvgIpc) is 3.22. The van der Waals surface area contributed by atoms with E-state index in [1.807, 2.05) is 48.3 Å². The average molecular weight is 331 g/mol. The Morgan fingerprint density at radius 3 is 2.68 bits per heavy atom. The third-order valence-electron chi connectivity index (χ3n) is 3.30. The highest BCUT2D eigenvalue weighted by Crippen LogP contribution is 2.28. The topological polar surface area (TPSA) is 60.9 Å². The first-order valence-electron chi connectivity index (χ1n) is 6.75. The SMILES string of the molecule is CCn1cc(-c2nn3c(-c4ccc(Cl)cc4)nnc3s2)cn1. The molecule has 6 nitrogen and oxygen atoms in total. The molecule has 0 aliphatic heterocycles. The minimum atomic E-state index is 0.690. The third kappa shape index (κ3) is 2.18. The van der Waals surface area contributed by atoms with Crippen LogP contribution in [0.15, 0.2) is 36.7 Å². The standard InChI is InChI=1S/C14H11ClN6S/c1-2-20-8-10(7-16-20)13-19-21-12(17-18-14(21)22-13)9-3-5-11(15)6-4-9/h3-8H,2H2,1H3. The number of halogens is 1. The van der Waals surface area contributed by atoms with Crippen molar-refractivity contribution in [3.05, 3.63) is 41.7 Å². The zero-order chi connectivity index (χ0) is 15.1. The van der Waals surface area contributed by atoms with Gasteiger partial charge in [0.1, 0.15) is 0 Å². The Morgan fingerprint density at radius 1 is 1.14 bits per heavy atom. The minimum absolute atomic E-state index is 0.690.